The van der Waals surface area contributed by atoms with Crippen molar-refractivity contribution in [3.05, 3.63) is 54.3 Å². The van der Waals surface area contributed by atoms with Gasteiger partial charge in [-0.3, -0.25) is 4.79 Å². The Balaban J connectivity index is 1.49. The summed E-state index contributed by atoms with van der Waals surface area (Å²) in [6.45, 7) is 0.563. The Labute approximate surface area is 155 Å². The van der Waals surface area contributed by atoms with Crippen LogP contribution in [0.1, 0.15) is 11.6 Å². The molecule has 2 N–H and O–H groups in total. The first-order valence-corrected chi connectivity index (χ1v) is 9.24. The van der Waals surface area contributed by atoms with Gasteiger partial charge < -0.3 is 19.1 Å². The molecule has 0 radical (unpaired) electrons. The number of carbonyl (C=O) groups excluding carboxylic acids is 1. The molecule has 0 unspecified atom stereocenters. The van der Waals surface area contributed by atoms with Crippen LogP contribution in [0.5, 0.6) is 0 Å². The minimum absolute atomic E-state index is 0.0741. The second-order valence-corrected chi connectivity index (χ2v) is 6.91. The smallest absolute Gasteiger partial charge is 0.284 e. The van der Waals surface area contributed by atoms with Crippen molar-refractivity contribution in [1.82, 2.24) is 15.5 Å². The fourth-order valence-electron chi connectivity index (χ4n) is 2.50. The summed E-state index contributed by atoms with van der Waals surface area (Å²) in [7, 11) is 4.15. The van der Waals surface area contributed by atoms with E-state index in [0.29, 0.717) is 23.4 Å². The number of aromatic nitrogens is 2. The van der Waals surface area contributed by atoms with Gasteiger partial charge in [0.2, 0.25) is 5.91 Å². The van der Waals surface area contributed by atoms with Crippen molar-refractivity contribution in [2.75, 3.05) is 26.4 Å². The van der Waals surface area contributed by atoms with Crippen LogP contribution in [-0.4, -0.2) is 42.5 Å². The zero-order valence-corrected chi connectivity index (χ0v) is 15.5. The third kappa shape index (κ3) is 4.74. The molecular formula is C18H21N4O3S+. The molecule has 3 aromatic rings. The molecule has 0 saturated heterocycles. The molecule has 26 heavy (non-hydrogen) atoms. The summed E-state index contributed by atoms with van der Waals surface area (Å²) >= 11 is 1.20. The van der Waals surface area contributed by atoms with Crippen LogP contribution >= 0.6 is 11.8 Å². The van der Waals surface area contributed by atoms with Gasteiger partial charge in [-0.15, -0.1) is 10.2 Å². The van der Waals surface area contributed by atoms with Crippen LogP contribution in [0.2, 0.25) is 0 Å². The highest BCUT2D eigenvalue weighted by atomic mass is 32.2. The number of nitrogens with zero attached hydrogens (tertiary/aromatic N) is 2. The fraction of sp³-hybridized carbons (Fsp3) is 0.278. The van der Waals surface area contributed by atoms with Gasteiger partial charge in [0.1, 0.15) is 6.04 Å². The fourth-order valence-corrected chi connectivity index (χ4v) is 3.10. The van der Waals surface area contributed by atoms with Gasteiger partial charge in [-0.2, -0.15) is 0 Å². The zero-order valence-electron chi connectivity index (χ0n) is 14.6. The van der Waals surface area contributed by atoms with Gasteiger partial charge in [0.25, 0.3) is 11.1 Å². The molecule has 0 aliphatic rings. The second kappa shape index (κ2) is 8.68. The molecule has 0 bridgehead atoms. The van der Waals surface area contributed by atoms with E-state index in [2.05, 4.69) is 41.7 Å². The highest BCUT2D eigenvalue weighted by Gasteiger charge is 2.19. The largest absolute Gasteiger partial charge is 0.459 e. The van der Waals surface area contributed by atoms with E-state index < -0.39 is 0 Å². The minimum atomic E-state index is -0.0741. The lowest BCUT2D eigenvalue weighted by Gasteiger charge is -2.22. The Morgan fingerprint density at radius 1 is 1.19 bits per heavy atom. The van der Waals surface area contributed by atoms with E-state index in [1.165, 1.54) is 28.5 Å². The lowest BCUT2D eigenvalue weighted by atomic mass is 10.1. The van der Waals surface area contributed by atoms with E-state index in [9.17, 15) is 4.79 Å². The quantitative estimate of drug-likeness (QED) is 0.581. The number of thioether (sulfide) groups is 1. The minimum Gasteiger partial charge on any atom is -0.459 e. The molecule has 0 saturated carbocycles. The number of rotatable bonds is 8. The molecule has 8 heteroatoms. The first-order chi connectivity index (χ1) is 12.6. The van der Waals surface area contributed by atoms with Crippen LogP contribution in [0.15, 0.2) is 62.8 Å². The predicted molar refractivity (Wildman–Crippen MR) is 97.7 cm³/mol. The van der Waals surface area contributed by atoms with E-state index in [-0.39, 0.29) is 17.7 Å². The number of amides is 1. The number of hydrogen-bond donors (Lipinski definition) is 2. The molecule has 0 aliphatic heterocycles. The van der Waals surface area contributed by atoms with Crippen molar-refractivity contribution in [2.45, 2.75) is 11.3 Å². The highest BCUT2D eigenvalue weighted by Crippen LogP contribution is 2.23. The zero-order chi connectivity index (χ0) is 18.4. The van der Waals surface area contributed by atoms with E-state index in [4.69, 9.17) is 8.83 Å². The van der Waals surface area contributed by atoms with Crippen molar-refractivity contribution in [2.24, 2.45) is 0 Å². The van der Waals surface area contributed by atoms with Gasteiger partial charge in [-0.05, 0) is 12.1 Å². The van der Waals surface area contributed by atoms with Gasteiger partial charge >= 0.3 is 0 Å². The molecule has 7 nitrogen and oxygen atoms in total. The molecule has 0 fully saturated rings. The van der Waals surface area contributed by atoms with Crippen molar-refractivity contribution in [1.29, 1.82) is 0 Å². The number of quaternary nitrogens is 1. The molecular weight excluding hydrogens is 352 g/mol. The van der Waals surface area contributed by atoms with Crippen molar-refractivity contribution in [3.63, 3.8) is 0 Å². The van der Waals surface area contributed by atoms with Gasteiger partial charge in [-0.25, -0.2) is 0 Å². The summed E-state index contributed by atoms with van der Waals surface area (Å²) in [5.41, 5.74) is 1.19. The standard InChI is InChI=1S/C18H20N4O3S/c1-22(2)14(13-7-4-3-5-8-13)11-19-16(23)12-26-18-21-20-17(25-18)15-9-6-10-24-15/h3-10,14H,11-12H2,1-2H3,(H,19,23)/p+1/t14-/m0/s1. The number of carbonyl (C=O) groups is 1. The van der Waals surface area contributed by atoms with Crippen molar-refractivity contribution >= 4 is 17.7 Å². The van der Waals surface area contributed by atoms with Crippen LogP contribution < -0.4 is 10.2 Å². The average Bonchev–Trinajstić information content (AvgIpc) is 3.32. The van der Waals surface area contributed by atoms with Gasteiger partial charge in [0.05, 0.1) is 32.7 Å². The van der Waals surface area contributed by atoms with E-state index in [1.807, 2.05) is 18.2 Å². The lowest BCUT2D eigenvalue weighted by Crippen LogP contribution is -3.07. The maximum Gasteiger partial charge on any atom is 0.284 e. The molecule has 2 heterocycles. The summed E-state index contributed by atoms with van der Waals surface area (Å²) in [4.78, 5) is 13.4. The van der Waals surface area contributed by atoms with Crippen LogP contribution in [-0.2, 0) is 4.79 Å². The molecule has 2 aromatic heterocycles. The summed E-state index contributed by atoms with van der Waals surface area (Å²) in [6, 6.07) is 13.8. The van der Waals surface area contributed by atoms with E-state index in [0.717, 1.165) is 0 Å². The molecule has 1 atom stereocenters. The van der Waals surface area contributed by atoms with Gasteiger partial charge in [0, 0.05) is 5.56 Å². The normalized spacial score (nSPS) is 12.3. The second-order valence-electron chi connectivity index (χ2n) is 5.98. The van der Waals surface area contributed by atoms with E-state index >= 15 is 0 Å². The molecule has 136 valence electrons. The third-order valence-electron chi connectivity index (χ3n) is 3.87. The predicted octanol–water partition coefficient (Wildman–Crippen LogP) is 1.42. The van der Waals surface area contributed by atoms with Crippen LogP contribution in [0.25, 0.3) is 11.7 Å². The number of likely N-dealkylation sites (N-methyl/N-ethyl adjacent to an activating group) is 1. The Morgan fingerprint density at radius 3 is 2.69 bits per heavy atom. The summed E-state index contributed by atoms with van der Waals surface area (Å²) in [5.74, 6) is 0.950. The summed E-state index contributed by atoms with van der Waals surface area (Å²) in [6.07, 6.45) is 1.54. The maximum absolute atomic E-state index is 12.2. The highest BCUT2D eigenvalue weighted by molar-refractivity contribution is 7.99. The third-order valence-corrected chi connectivity index (χ3v) is 4.69. The topological polar surface area (TPSA) is 85.6 Å². The molecule has 0 spiro atoms. The van der Waals surface area contributed by atoms with Gasteiger partial charge in [0.15, 0.2) is 5.76 Å². The van der Waals surface area contributed by atoms with Crippen molar-refractivity contribution in [3.8, 4) is 11.7 Å². The van der Waals surface area contributed by atoms with Crippen molar-refractivity contribution < 1.29 is 18.5 Å². The number of hydrogen-bond acceptors (Lipinski definition) is 6. The first kappa shape index (κ1) is 18.2. The van der Waals surface area contributed by atoms with Gasteiger partial charge in [-0.1, -0.05) is 42.1 Å². The summed E-state index contributed by atoms with van der Waals surface area (Å²) < 4.78 is 10.7. The van der Waals surface area contributed by atoms with Crippen LogP contribution in [0.3, 0.4) is 0 Å². The maximum atomic E-state index is 12.2. The number of benzene rings is 1. The average molecular weight is 373 g/mol. The SMILES string of the molecule is C[NH+](C)[C@@H](CNC(=O)CSc1nnc(-c2ccco2)o1)c1ccccc1. The molecule has 3 rings (SSSR count). The van der Waals surface area contributed by atoms with Crippen LogP contribution in [0, 0.1) is 0 Å². The Kier molecular flexibility index (Phi) is 6.08. The molecule has 0 aliphatic carbocycles. The number of nitrogens with one attached hydrogen (secondary N) is 2. The van der Waals surface area contributed by atoms with Crippen LogP contribution in [0.4, 0.5) is 0 Å². The molecule has 1 aromatic carbocycles. The first-order valence-electron chi connectivity index (χ1n) is 8.25. The Morgan fingerprint density at radius 2 is 2.00 bits per heavy atom. The summed E-state index contributed by atoms with van der Waals surface area (Å²) in [5, 5.41) is 11.1. The lowest BCUT2D eigenvalue weighted by molar-refractivity contribution is -0.890. The van der Waals surface area contributed by atoms with E-state index in [1.54, 1.807) is 12.1 Å². The monoisotopic (exact) mass is 373 g/mol. The number of furan rings is 1. The molecule has 1 amide bonds. The Bertz CT molecular complexity index is 818. The Hall–Kier alpha value is -2.58.